The lowest BCUT2D eigenvalue weighted by molar-refractivity contribution is -0.157. The lowest BCUT2D eigenvalue weighted by Crippen LogP contribution is -2.42. The van der Waals surface area contributed by atoms with Crippen LogP contribution in [0.25, 0.3) is 0 Å². The first-order chi connectivity index (χ1) is 19.6. The molecule has 0 radical (unpaired) electrons. The maximum Gasteiger partial charge on any atom is 0.326 e. The van der Waals surface area contributed by atoms with Gasteiger partial charge in [0.05, 0.1) is 5.25 Å². The summed E-state index contributed by atoms with van der Waals surface area (Å²) >= 11 is 0.928. The van der Waals surface area contributed by atoms with Gasteiger partial charge in [0, 0.05) is 12.5 Å². The number of hydrogen-bond donors (Lipinski definition) is 0. The Morgan fingerprint density at radius 2 is 1.74 bits per heavy atom. The Morgan fingerprint density at radius 3 is 2.36 bits per heavy atom. The van der Waals surface area contributed by atoms with Gasteiger partial charge >= 0.3 is 11.9 Å². The van der Waals surface area contributed by atoms with Crippen molar-refractivity contribution in [3.05, 3.63) is 52.1 Å². The smallest absolute Gasteiger partial charge is 0.326 e. The molecule has 4 rings (SSSR count). The summed E-state index contributed by atoms with van der Waals surface area (Å²) in [6, 6.07) is 7.42. The van der Waals surface area contributed by atoms with Gasteiger partial charge in [0.15, 0.2) is 0 Å². The molecule has 42 heavy (non-hydrogen) atoms. The molecule has 2 aromatic carbocycles. The monoisotopic (exact) mass is 597 g/mol. The highest BCUT2D eigenvalue weighted by atomic mass is 32.2. The number of esters is 2. The second-order valence-electron chi connectivity index (χ2n) is 12.2. The van der Waals surface area contributed by atoms with Crippen molar-refractivity contribution in [2.75, 3.05) is 13.2 Å². The highest BCUT2D eigenvalue weighted by molar-refractivity contribution is 8.15. The van der Waals surface area contributed by atoms with Crippen molar-refractivity contribution in [3.8, 4) is 17.2 Å². The Kier molecular flexibility index (Phi) is 8.97. The van der Waals surface area contributed by atoms with Gasteiger partial charge in [-0.25, -0.2) is 0 Å². The summed E-state index contributed by atoms with van der Waals surface area (Å²) in [6.45, 7) is 14.4. The number of carbonyl (C=O) groups is 4. The molecule has 2 aliphatic heterocycles. The third-order valence-electron chi connectivity index (χ3n) is 7.41. The average Bonchev–Trinajstić information content (AvgIpc) is 3.15. The molecule has 2 heterocycles. The van der Waals surface area contributed by atoms with Crippen molar-refractivity contribution in [2.45, 2.75) is 91.1 Å². The van der Waals surface area contributed by atoms with Crippen LogP contribution in [0, 0.1) is 20.8 Å². The van der Waals surface area contributed by atoms with E-state index < -0.39 is 27.7 Å². The number of benzene rings is 2. The van der Waals surface area contributed by atoms with Gasteiger partial charge in [0.2, 0.25) is 5.91 Å². The number of imide groups is 1. The minimum Gasteiger partial charge on any atom is -0.489 e. The van der Waals surface area contributed by atoms with Crippen molar-refractivity contribution in [1.29, 1.82) is 0 Å². The van der Waals surface area contributed by atoms with Crippen LogP contribution in [0.5, 0.6) is 17.2 Å². The van der Waals surface area contributed by atoms with E-state index in [-0.39, 0.29) is 18.4 Å². The molecule has 0 aliphatic carbocycles. The molecular formula is C32H39NO8S. The summed E-state index contributed by atoms with van der Waals surface area (Å²) in [4.78, 5) is 50.0. The summed E-state index contributed by atoms with van der Waals surface area (Å²) in [5, 5.41) is -1.04. The lowest BCUT2D eigenvalue weighted by Gasteiger charge is -2.37. The van der Waals surface area contributed by atoms with E-state index in [1.807, 2.05) is 52.0 Å². The summed E-state index contributed by atoms with van der Waals surface area (Å²) in [6.07, 6.45) is 1.85. The number of ether oxygens (including phenoxy) is 4. The molecule has 1 saturated heterocycles. The molecule has 2 aliphatic rings. The molecule has 2 unspecified atom stereocenters. The van der Waals surface area contributed by atoms with Gasteiger partial charge in [0.1, 0.15) is 41.6 Å². The minimum atomic E-state index is -0.697. The molecule has 2 amide bonds. The highest BCUT2D eigenvalue weighted by Crippen LogP contribution is 2.44. The van der Waals surface area contributed by atoms with E-state index in [9.17, 15) is 19.2 Å². The average molecular weight is 598 g/mol. The van der Waals surface area contributed by atoms with Crippen LogP contribution >= 0.6 is 11.8 Å². The van der Waals surface area contributed by atoms with Crippen molar-refractivity contribution in [3.63, 3.8) is 0 Å². The standard InChI is InChI=1S/C32H39NO8S/c1-18-19(2)28-24(20(3)27(18)39-21(4)34)13-14-32(8,41-28)17-38-23-11-9-22(10-12-23)15-25-29(36)33(30(37)42-25)16-26(35)40-31(5,6)7/h9-12,25H,13-17H2,1-8H3. The SMILES string of the molecule is CC(=O)Oc1c(C)c(C)c2c(c1C)CCC(C)(COc1ccc(CC3SC(=O)N(CC(=O)OC(C)(C)C)C3=O)cc1)O2. The van der Waals surface area contributed by atoms with Crippen LogP contribution in [0.3, 0.4) is 0 Å². The maximum absolute atomic E-state index is 12.8. The normalized spacial score (nSPS) is 20.2. The van der Waals surface area contributed by atoms with Gasteiger partial charge in [0.25, 0.3) is 5.24 Å². The number of fused-ring (bicyclic) bond motifs is 1. The first-order valence-corrected chi connectivity index (χ1v) is 14.9. The topological polar surface area (TPSA) is 108 Å². The van der Waals surface area contributed by atoms with Crippen molar-refractivity contribution < 1.29 is 38.1 Å². The predicted octanol–water partition coefficient (Wildman–Crippen LogP) is 5.65. The molecule has 0 spiro atoms. The van der Waals surface area contributed by atoms with Gasteiger partial charge in [-0.05, 0) is 102 Å². The zero-order valence-corrected chi connectivity index (χ0v) is 26.4. The fourth-order valence-electron chi connectivity index (χ4n) is 5.13. The third kappa shape index (κ3) is 7.09. The molecular weight excluding hydrogens is 558 g/mol. The Labute approximate surface area is 251 Å². The predicted molar refractivity (Wildman–Crippen MR) is 159 cm³/mol. The van der Waals surface area contributed by atoms with Crippen LogP contribution in [0.1, 0.15) is 68.9 Å². The van der Waals surface area contributed by atoms with E-state index in [1.165, 1.54) is 6.92 Å². The number of nitrogens with zero attached hydrogens (tertiary/aromatic N) is 1. The number of carbonyl (C=O) groups excluding carboxylic acids is 4. The quantitative estimate of drug-likeness (QED) is 0.282. The van der Waals surface area contributed by atoms with Crippen LogP contribution in [-0.4, -0.2) is 57.6 Å². The van der Waals surface area contributed by atoms with Gasteiger partial charge in [-0.1, -0.05) is 23.9 Å². The number of rotatable bonds is 8. The lowest BCUT2D eigenvalue weighted by atomic mass is 9.87. The summed E-state index contributed by atoms with van der Waals surface area (Å²) < 4.78 is 23.4. The second-order valence-corrected chi connectivity index (χ2v) is 13.3. The van der Waals surface area contributed by atoms with Crippen LogP contribution in [-0.2, 0) is 32.0 Å². The molecule has 9 nitrogen and oxygen atoms in total. The number of thioether (sulfide) groups is 1. The van der Waals surface area contributed by atoms with Gasteiger partial charge in [-0.15, -0.1) is 0 Å². The van der Waals surface area contributed by atoms with E-state index in [0.29, 0.717) is 24.5 Å². The molecule has 2 atom stereocenters. The summed E-state index contributed by atoms with van der Waals surface area (Å²) in [5.41, 5.74) is 3.44. The number of amides is 2. The van der Waals surface area contributed by atoms with Crippen molar-refractivity contribution in [2.24, 2.45) is 0 Å². The molecule has 1 fully saturated rings. The maximum atomic E-state index is 12.8. The first-order valence-electron chi connectivity index (χ1n) is 14.0. The van der Waals surface area contributed by atoms with Crippen LogP contribution in [0.4, 0.5) is 4.79 Å². The Morgan fingerprint density at radius 1 is 1.07 bits per heavy atom. The summed E-state index contributed by atoms with van der Waals surface area (Å²) in [7, 11) is 0. The van der Waals surface area contributed by atoms with Gasteiger partial charge < -0.3 is 18.9 Å². The second kappa shape index (κ2) is 12.0. The fourth-order valence-corrected chi connectivity index (χ4v) is 6.15. The molecule has 0 saturated carbocycles. The van der Waals surface area contributed by atoms with E-state index in [2.05, 4.69) is 0 Å². The summed E-state index contributed by atoms with van der Waals surface area (Å²) in [5.74, 6) is 0.751. The largest absolute Gasteiger partial charge is 0.489 e. The van der Waals surface area contributed by atoms with E-state index >= 15 is 0 Å². The minimum absolute atomic E-state index is 0.333. The Balaban J connectivity index is 1.35. The highest BCUT2D eigenvalue weighted by Gasteiger charge is 2.41. The van der Waals surface area contributed by atoms with Crippen LogP contribution < -0.4 is 14.2 Å². The van der Waals surface area contributed by atoms with Crippen molar-refractivity contribution >= 4 is 34.8 Å². The van der Waals surface area contributed by atoms with Crippen molar-refractivity contribution in [1.82, 2.24) is 4.90 Å². The molecule has 226 valence electrons. The Bertz CT molecular complexity index is 1410. The molecule has 10 heteroatoms. The zero-order chi connectivity index (χ0) is 31.0. The van der Waals surface area contributed by atoms with E-state index in [0.717, 1.165) is 63.1 Å². The van der Waals surface area contributed by atoms with E-state index in [4.69, 9.17) is 18.9 Å². The molecule has 0 N–H and O–H groups in total. The Hall–Kier alpha value is -3.53. The van der Waals surface area contributed by atoms with Gasteiger partial charge in [-0.2, -0.15) is 0 Å². The number of hydrogen-bond acceptors (Lipinski definition) is 9. The van der Waals surface area contributed by atoms with Crippen LogP contribution in [0.15, 0.2) is 24.3 Å². The molecule has 0 aromatic heterocycles. The van der Waals surface area contributed by atoms with Crippen LogP contribution in [0.2, 0.25) is 0 Å². The fraction of sp³-hybridized carbons (Fsp3) is 0.500. The third-order valence-corrected chi connectivity index (χ3v) is 8.48. The molecule has 2 aromatic rings. The zero-order valence-electron chi connectivity index (χ0n) is 25.5. The van der Waals surface area contributed by atoms with Gasteiger partial charge in [-0.3, -0.25) is 24.1 Å². The first kappa shape index (κ1) is 31.4. The molecule has 0 bridgehead atoms. The van der Waals surface area contributed by atoms with E-state index in [1.54, 1.807) is 20.8 Å².